The second-order valence-corrected chi connectivity index (χ2v) is 12.0. The van der Waals surface area contributed by atoms with E-state index in [0.29, 0.717) is 22.8 Å². The van der Waals surface area contributed by atoms with Gasteiger partial charge in [0.25, 0.3) is 0 Å². The van der Waals surface area contributed by atoms with Crippen molar-refractivity contribution >= 4 is 40.4 Å². The van der Waals surface area contributed by atoms with Crippen molar-refractivity contribution in [2.24, 2.45) is 0 Å². The van der Waals surface area contributed by atoms with Gasteiger partial charge in [-0.15, -0.1) is 0 Å². The molecule has 1 aliphatic heterocycles. The first-order valence-corrected chi connectivity index (χ1v) is 16.1. The normalized spacial score (nSPS) is 14.6. The van der Waals surface area contributed by atoms with Gasteiger partial charge < -0.3 is 33.3 Å². The van der Waals surface area contributed by atoms with Crippen LogP contribution in [-0.2, 0) is 40.8 Å². The fraction of sp³-hybridized carbons (Fsp3) is 0.275. The highest BCUT2D eigenvalue weighted by Gasteiger charge is 2.38. The van der Waals surface area contributed by atoms with Gasteiger partial charge in [-0.2, -0.15) is 0 Å². The van der Waals surface area contributed by atoms with Crippen molar-refractivity contribution in [2.45, 2.75) is 32.0 Å². The van der Waals surface area contributed by atoms with E-state index in [0.717, 1.165) is 33.2 Å². The highest BCUT2D eigenvalue weighted by Crippen LogP contribution is 2.48. The molecule has 260 valence electrons. The van der Waals surface area contributed by atoms with Crippen LogP contribution in [0.1, 0.15) is 42.0 Å². The number of hydrogen-bond acceptors (Lipinski definition) is 10. The summed E-state index contributed by atoms with van der Waals surface area (Å²) in [5.74, 6) is -0.0268. The lowest BCUT2D eigenvalue weighted by Crippen LogP contribution is -2.34. The number of benzene rings is 4. The molecule has 0 radical (unpaired) electrons. The van der Waals surface area contributed by atoms with Gasteiger partial charge in [-0.25, -0.2) is 4.79 Å². The van der Waals surface area contributed by atoms with Gasteiger partial charge in [0.05, 0.1) is 27.1 Å². The Labute approximate surface area is 291 Å². The fourth-order valence-corrected chi connectivity index (χ4v) is 5.67. The van der Waals surface area contributed by atoms with E-state index >= 15 is 0 Å². The van der Waals surface area contributed by atoms with E-state index in [2.05, 4.69) is 30.8 Å². The number of fused-ring (bicyclic) bond motifs is 3. The summed E-state index contributed by atoms with van der Waals surface area (Å²) in [6, 6.07) is 23.8. The van der Waals surface area contributed by atoms with Crippen molar-refractivity contribution in [3.05, 3.63) is 113 Å². The van der Waals surface area contributed by atoms with Gasteiger partial charge in [-0.1, -0.05) is 55.1 Å². The standard InChI is InChI=1S/C40H41NO9/c1-26(2)39(44)48-21-20-47-36(42)16-17-37(43)49-25-27-22-33-34(23-31(45-5)24-35(33)46-6)38-32(27)18-19-40(50-38,28-10-8-7-9-11-28)29-12-14-30(15-13-29)41(3)4/h7-15,18-19,22-24H,1,16-17,20-21,25H2,2-6H3. The van der Waals surface area contributed by atoms with Crippen LogP contribution in [0.5, 0.6) is 17.2 Å². The fourth-order valence-electron chi connectivity index (χ4n) is 5.67. The zero-order chi connectivity index (χ0) is 35.8. The van der Waals surface area contributed by atoms with Crippen molar-refractivity contribution in [1.29, 1.82) is 0 Å². The summed E-state index contributed by atoms with van der Waals surface area (Å²) in [4.78, 5) is 38.5. The average Bonchev–Trinajstić information content (AvgIpc) is 3.14. The molecule has 0 fully saturated rings. The number of carbonyl (C=O) groups is 3. The molecular formula is C40H41NO9. The van der Waals surface area contributed by atoms with Crippen LogP contribution in [0.25, 0.3) is 16.8 Å². The van der Waals surface area contributed by atoms with Crippen molar-refractivity contribution in [3.63, 3.8) is 0 Å². The van der Waals surface area contributed by atoms with Crippen molar-refractivity contribution in [1.82, 2.24) is 0 Å². The number of nitrogens with zero attached hydrogens (tertiary/aromatic N) is 1. The molecular weight excluding hydrogens is 638 g/mol. The molecule has 4 aromatic rings. The molecule has 0 bridgehead atoms. The van der Waals surface area contributed by atoms with E-state index in [9.17, 15) is 14.4 Å². The summed E-state index contributed by atoms with van der Waals surface area (Å²) in [5, 5.41) is 1.51. The third kappa shape index (κ3) is 7.75. The van der Waals surface area contributed by atoms with Gasteiger partial charge in [0.15, 0.2) is 5.60 Å². The second-order valence-electron chi connectivity index (χ2n) is 12.0. The minimum atomic E-state index is -0.985. The van der Waals surface area contributed by atoms with Crippen LogP contribution in [0, 0.1) is 0 Å². The number of ether oxygens (including phenoxy) is 6. The lowest BCUT2D eigenvalue weighted by Gasteiger charge is -2.37. The van der Waals surface area contributed by atoms with Crippen molar-refractivity contribution in [3.8, 4) is 17.2 Å². The monoisotopic (exact) mass is 679 g/mol. The third-order valence-corrected chi connectivity index (χ3v) is 8.34. The molecule has 10 nitrogen and oxygen atoms in total. The molecule has 5 rings (SSSR count). The summed E-state index contributed by atoms with van der Waals surface area (Å²) in [7, 11) is 7.17. The Morgan fingerprint density at radius 2 is 1.46 bits per heavy atom. The Hall–Kier alpha value is -5.77. The number of esters is 3. The van der Waals surface area contributed by atoms with Crippen LogP contribution >= 0.6 is 0 Å². The molecule has 1 heterocycles. The minimum Gasteiger partial charge on any atom is -0.497 e. The van der Waals surface area contributed by atoms with Crippen LogP contribution in [0.4, 0.5) is 5.69 Å². The lowest BCUT2D eigenvalue weighted by molar-refractivity contribution is -0.153. The van der Waals surface area contributed by atoms with Crippen molar-refractivity contribution in [2.75, 3.05) is 46.4 Å². The van der Waals surface area contributed by atoms with E-state index in [4.69, 9.17) is 28.4 Å². The SMILES string of the molecule is C=C(C)C(=O)OCCOC(=O)CCC(=O)OCc1cc2c(OC)cc(OC)cc2c2c1C=CC(c1ccccc1)(c1ccc(N(C)C)cc1)O2. The Balaban J connectivity index is 1.44. The molecule has 0 saturated heterocycles. The maximum Gasteiger partial charge on any atom is 0.333 e. The summed E-state index contributed by atoms with van der Waals surface area (Å²) < 4.78 is 34.2. The Morgan fingerprint density at radius 3 is 2.10 bits per heavy atom. The quantitative estimate of drug-likeness (QED) is 0.0614. The number of anilines is 1. The maximum atomic E-state index is 12.8. The van der Waals surface area contributed by atoms with Gasteiger partial charge >= 0.3 is 17.9 Å². The molecule has 1 aliphatic rings. The summed E-state index contributed by atoms with van der Waals surface area (Å²) >= 11 is 0. The van der Waals surface area contributed by atoms with Crippen LogP contribution in [-0.4, -0.2) is 59.4 Å². The Morgan fingerprint density at radius 1 is 0.800 bits per heavy atom. The Kier molecular flexibility index (Phi) is 11.1. The van der Waals surface area contributed by atoms with E-state index in [1.807, 2.05) is 73.6 Å². The third-order valence-electron chi connectivity index (χ3n) is 8.34. The molecule has 50 heavy (non-hydrogen) atoms. The molecule has 4 aromatic carbocycles. The number of carbonyl (C=O) groups excluding carboxylic acids is 3. The predicted molar refractivity (Wildman–Crippen MR) is 190 cm³/mol. The molecule has 10 heteroatoms. The van der Waals surface area contributed by atoms with E-state index in [1.54, 1.807) is 20.3 Å². The molecule has 1 unspecified atom stereocenters. The Bertz CT molecular complexity index is 1920. The zero-order valence-electron chi connectivity index (χ0n) is 28.9. The molecule has 0 aliphatic carbocycles. The van der Waals surface area contributed by atoms with Gasteiger partial charge in [0.2, 0.25) is 0 Å². The summed E-state index contributed by atoms with van der Waals surface area (Å²) in [5.41, 5.74) is 3.60. The zero-order valence-corrected chi connectivity index (χ0v) is 28.9. The van der Waals surface area contributed by atoms with Gasteiger partial charge in [0.1, 0.15) is 37.1 Å². The molecule has 0 spiro atoms. The predicted octanol–water partition coefficient (Wildman–Crippen LogP) is 6.76. The highest BCUT2D eigenvalue weighted by atomic mass is 16.6. The van der Waals surface area contributed by atoms with Gasteiger partial charge in [-0.3, -0.25) is 9.59 Å². The highest BCUT2D eigenvalue weighted by molar-refractivity contribution is 5.99. The molecule has 0 amide bonds. The first-order chi connectivity index (χ1) is 24.1. The first kappa shape index (κ1) is 35.5. The summed E-state index contributed by atoms with van der Waals surface area (Å²) in [6.07, 6.45) is 3.64. The molecule has 1 atom stereocenters. The van der Waals surface area contributed by atoms with Crippen molar-refractivity contribution < 1.29 is 42.8 Å². The van der Waals surface area contributed by atoms with E-state index in [-0.39, 0.29) is 38.2 Å². The molecule has 0 N–H and O–H groups in total. The van der Waals surface area contributed by atoms with Crippen LogP contribution in [0.2, 0.25) is 0 Å². The average molecular weight is 680 g/mol. The van der Waals surface area contributed by atoms with Gasteiger partial charge in [-0.05, 0) is 37.3 Å². The summed E-state index contributed by atoms with van der Waals surface area (Å²) in [6.45, 7) is 4.70. The lowest BCUT2D eigenvalue weighted by atomic mass is 9.82. The minimum absolute atomic E-state index is 0.0816. The van der Waals surface area contributed by atoms with Crippen LogP contribution < -0.4 is 19.1 Å². The molecule has 0 saturated carbocycles. The molecule has 0 aromatic heterocycles. The first-order valence-electron chi connectivity index (χ1n) is 16.1. The topological polar surface area (TPSA) is 110 Å². The van der Waals surface area contributed by atoms with E-state index in [1.165, 1.54) is 6.92 Å². The van der Waals surface area contributed by atoms with E-state index < -0.39 is 23.5 Å². The van der Waals surface area contributed by atoms with Gasteiger partial charge in [0, 0.05) is 64.4 Å². The smallest absolute Gasteiger partial charge is 0.333 e. The van der Waals surface area contributed by atoms with Crippen LogP contribution in [0.15, 0.2) is 91.0 Å². The second kappa shape index (κ2) is 15.6. The largest absolute Gasteiger partial charge is 0.497 e. The number of rotatable bonds is 14. The number of methoxy groups -OCH3 is 2. The number of hydrogen-bond donors (Lipinski definition) is 0. The van der Waals surface area contributed by atoms with Crippen LogP contribution in [0.3, 0.4) is 0 Å². The maximum absolute atomic E-state index is 12.8.